The first-order valence-electron chi connectivity index (χ1n) is 9.30. The molecule has 1 aromatic heterocycles. The Hall–Kier alpha value is -4.10. The van der Waals surface area contributed by atoms with Crippen LogP contribution < -0.4 is 19.5 Å². The summed E-state index contributed by atoms with van der Waals surface area (Å²) in [4.78, 5) is 15.2. The molecule has 10 heteroatoms. The summed E-state index contributed by atoms with van der Waals surface area (Å²) in [6.45, 7) is 1.73. The number of allylic oxidation sites excluding steroid dienone is 1. The number of aryl methyl sites for hydroxylation is 1. The summed E-state index contributed by atoms with van der Waals surface area (Å²) in [6.07, 6.45) is 1.52. The van der Waals surface area contributed by atoms with Crippen molar-refractivity contribution < 1.29 is 19.1 Å². The van der Waals surface area contributed by atoms with E-state index in [2.05, 4.69) is 16.4 Å². The minimum Gasteiger partial charge on any atom is -0.493 e. The van der Waals surface area contributed by atoms with Gasteiger partial charge in [-0.2, -0.15) is 5.26 Å². The summed E-state index contributed by atoms with van der Waals surface area (Å²) in [6, 6.07) is 10.5. The molecular weight excluding hydrogens is 432 g/mol. The smallest absolute Gasteiger partial charge is 0.311 e. The van der Waals surface area contributed by atoms with Crippen molar-refractivity contribution in [2.45, 2.75) is 6.92 Å². The third kappa shape index (κ3) is 4.63. The van der Waals surface area contributed by atoms with Gasteiger partial charge in [-0.05, 0) is 30.7 Å². The molecule has 164 valence electrons. The van der Waals surface area contributed by atoms with Crippen molar-refractivity contribution >= 4 is 28.3 Å². The van der Waals surface area contributed by atoms with Crippen LogP contribution in [0.25, 0.3) is 16.8 Å². The maximum absolute atomic E-state index is 11.2. The first kappa shape index (κ1) is 22.6. The largest absolute Gasteiger partial charge is 0.493 e. The molecule has 32 heavy (non-hydrogen) atoms. The van der Waals surface area contributed by atoms with Gasteiger partial charge < -0.3 is 19.5 Å². The van der Waals surface area contributed by atoms with Crippen LogP contribution in [0.3, 0.4) is 0 Å². The van der Waals surface area contributed by atoms with Crippen molar-refractivity contribution in [3.63, 3.8) is 0 Å². The zero-order valence-electron chi connectivity index (χ0n) is 17.8. The number of nitro groups is 1. The zero-order chi connectivity index (χ0) is 23.3. The third-order valence-electron chi connectivity index (χ3n) is 4.63. The Morgan fingerprint density at radius 2 is 1.88 bits per heavy atom. The van der Waals surface area contributed by atoms with Gasteiger partial charge in [0.25, 0.3) is 0 Å². The highest BCUT2D eigenvalue weighted by Crippen LogP contribution is 2.35. The van der Waals surface area contributed by atoms with Gasteiger partial charge in [0.1, 0.15) is 16.6 Å². The number of nitrogens with zero attached hydrogens (tertiary/aromatic N) is 3. The molecule has 0 radical (unpaired) electrons. The van der Waals surface area contributed by atoms with Crippen LogP contribution in [0.4, 0.5) is 11.4 Å². The fourth-order valence-electron chi connectivity index (χ4n) is 2.95. The fraction of sp³-hybridized carbons (Fsp3) is 0.182. The average Bonchev–Trinajstić information content (AvgIpc) is 3.29. The van der Waals surface area contributed by atoms with E-state index in [-0.39, 0.29) is 11.4 Å². The van der Waals surface area contributed by atoms with Gasteiger partial charge in [-0.25, -0.2) is 4.98 Å². The number of nitrogens with one attached hydrogen (secondary N) is 1. The molecule has 1 heterocycles. The Balaban J connectivity index is 1.88. The number of ether oxygens (including phenoxy) is 3. The van der Waals surface area contributed by atoms with E-state index >= 15 is 0 Å². The van der Waals surface area contributed by atoms with E-state index in [1.165, 1.54) is 36.8 Å². The molecule has 0 aliphatic heterocycles. The molecule has 1 N–H and O–H groups in total. The molecule has 3 aromatic rings. The predicted octanol–water partition coefficient (Wildman–Crippen LogP) is 5.03. The number of rotatable bonds is 8. The van der Waals surface area contributed by atoms with Crippen molar-refractivity contribution in [3.05, 3.63) is 62.6 Å². The Labute approximate surface area is 188 Å². The van der Waals surface area contributed by atoms with Crippen molar-refractivity contribution in [2.75, 3.05) is 26.6 Å². The molecule has 0 aliphatic rings. The Morgan fingerprint density at radius 1 is 1.16 bits per heavy atom. The number of thiazole rings is 1. The van der Waals surface area contributed by atoms with E-state index in [1.807, 2.05) is 17.5 Å². The van der Waals surface area contributed by atoms with Gasteiger partial charge in [-0.1, -0.05) is 0 Å². The average molecular weight is 452 g/mol. The highest BCUT2D eigenvalue weighted by molar-refractivity contribution is 7.11. The van der Waals surface area contributed by atoms with Crippen LogP contribution in [0.2, 0.25) is 0 Å². The van der Waals surface area contributed by atoms with Crippen LogP contribution in [0.15, 0.2) is 41.9 Å². The van der Waals surface area contributed by atoms with Gasteiger partial charge in [0.05, 0.1) is 31.9 Å². The number of hydrogen-bond donors (Lipinski definition) is 1. The molecule has 2 aromatic carbocycles. The van der Waals surface area contributed by atoms with Crippen LogP contribution in [0.5, 0.6) is 17.2 Å². The molecule has 0 unspecified atom stereocenters. The van der Waals surface area contributed by atoms with E-state index in [0.29, 0.717) is 39.0 Å². The zero-order valence-corrected chi connectivity index (χ0v) is 18.6. The standard InChI is InChI=1S/C22H20N4O5S/c1-13-7-18(26(27)28)20(30-3)9-16(13)24-11-15(10-23)22-25-17(12-32-22)14-5-6-19(29-2)21(8-14)31-4/h5-9,11-12,24H,1-4H3/b15-11+. The van der Waals surface area contributed by atoms with Crippen molar-refractivity contribution in [3.8, 4) is 34.6 Å². The van der Waals surface area contributed by atoms with Gasteiger partial charge in [0.2, 0.25) is 0 Å². The maximum atomic E-state index is 11.2. The Morgan fingerprint density at radius 3 is 2.50 bits per heavy atom. The first-order chi connectivity index (χ1) is 15.4. The number of anilines is 1. The molecular formula is C22H20N4O5S. The number of nitro benzene ring substituents is 1. The maximum Gasteiger partial charge on any atom is 0.311 e. The van der Waals surface area contributed by atoms with Crippen LogP contribution in [-0.2, 0) is 0 Å². The normalized spacial score (nSPS) is 10.9. The second-order valence-corrected chi connectivity index (χ2v) is 7.38. The number of benzene rings is 2. The minimum atomic E-state index is -0.503. The SMILES string of the molecule is COc1ccc(-c2csc(/C(C#N)=C/Nc3cc(OC)c([N+](=O)[O-])cc3C)n2)cc1OC. The molecule has 0 saturated carbocycles. The van der Waals surface area contributed by atoms with E-state index in [9.17, 15) is 15.4 Å². The van der Waals surface area contributed by atoms with Gasteiger partial charge >= 0.3 is 5.69 Å². The van der Waals surface area contributed by atoms with Crippen molar-refractivity contribution in [1.29, 1.82) is 5.26 Å². The summed E-state index contributed by atoms with van der Waals surface area (Å²) in [5, 5.41) is 26.2. The summed E-state index contributed by atoms with van der Waals surface area (Å²) in [7, 11) is 4.49. The van der Waals surface area contributed by atoms with Gasteiger partial charge in [0, 0.05) is 35.0 Å². The molecule has 0 atom stereocenters. The number of nitriles is 1. The first-order valence-corrected chi connectivity index (χ1v) is 10.2. The lowest BCUT2D eigenvalue weighted by atomic mass is 10.1. The number of aromatic nitrogens is 1. The second kappa shape index (κ2) is 9.80. The second-order valence-electron chi connectivity index (χ2n) is 6.52. The lowest BCUT2D eigenvalue weighted by Crippen LogP contribution is -1.99. The van der Waals surface area contributed by atoms with Gasteiger partial charge in [-0.3, -0.25) is 10.1 Å². The van der Waals surface area contributed by atoms with Gasteiger partial charge in [-0.15, -0.1) is 11.3 Å². The highest BCUT2D eigenvalue weighted by Gasteiger charge is 2.17. The number of methoxy groups -OCH3 is 3. The molecule has 0 aliphatic carbocycles. The quantitative estimate of drug-likeness (QED) is 0.287. The van der Waals surface area contributed by atoms with E-state index in [1.54, 1.807) is 27.2 Å². The molecule has 0 amide bonds. The molecule has 0 spiro atoms. The van der Waals surface area contributed by atoms with E-state index < -0.39 is 4.92 Å². The van der Waals surface area contributed by atoms with Crippen LogP contribution in [-0.4, -0.2) is 31.2 Å². The lowest BCUT2D eigenvalue weighted by molar-refractivity contribution is -0.385. The van der Waals surface area contributed by atoms with E-state index in [4.69, 9.17) is 14.2 Å². The molecule has 3 rings (SSSR count). The van der Waals surface area contributed by atoms with E-state index in [0.717, 1.165) is 5.56 Å². The minimum absolute atomic E-state index is 0.125. The third-order valence-corrected chi connectivity index (χ3v) is 5.50. The van der Waals surface area contributed by atoms with Gasteiger partial charge in [0.15, 0.2) is 17.2 Å². The highest BCUT2D eigenvalue weighted by atomic mass is 32.1. The molecule has 9 nitrogen and oxygen atoms in total. The fourth-order valence-corrected chi connectivity index (χ4v) is 3.75. The summed E-state index contributed by atoms with van der Waals surface area (Å²) in [5.74, 6) is 1.32. The number of hydrogen-bond acceptors (Lipinski definition) is 9. The van der Waals surface area contributed by atoms with Crippen LogP contribution in [0, 0.1) is 28.4 Å². The predicted molar refractivity (Wildman–Crippen MR) is 122 cm³/mol. The van der Waals surface area contributed by atoms with Crippen molar-refractivity contribution in [2.24, 2.45) is 0 Å². The van der Waals surface area contributed by atoms with Crippen LogP contribution in [0.1, 0.15) is 10.6 Å². The molecule has 0 fully saturated rings. The van der Waals surface area contributed by atoms with Crippen LogP contribution >= 0.6 is 11.3 Å². The molecule has 0 bridgehead atoms. The lowest BCUT2D eigenvalue weighted by Gasteiger charge is -2.09. The Bertz CT molecular complexity index is 1230. The summed E-state index contributed by atoms with van der Waals surface area (Å²) in [5.41, 5.74) is 2.93. The molecule has 0 saturated heterocycles. The van der Waals surface area contributed by atoms with Crippen molar-refractivity contribution in [1.82, 2.24) is 4.98 Å². The topological polar surface area (TPSA) is 120 Å². The Kier molecular flexibility index (Phi) is 6.92. The summed E-state index contributed by atoms with van der Waals surface area (Å²) < 4.78 is 15.7. The summed E-state index contributed by atoms with van der Waals surface area (Å²) >= 11 is 1.33. The monoisotopic (exact) mass is 452 g/mol.